The number of aromatic nitrogens is 2. The SMILES string of the molecule is CC(N)C(C)c1nc(-c2ccccc2F)no1.Cl. The van der Waals surface area contributed by atoms with Crippen LogP contribution in [0.4, 0.5) is 4.39 Å². The fraction of sp³-hybridized carbons (Fsp3) is 0.333. The van der Waals surface area contributed by atoms with Crippen molar-refractivity contribution in [3.63, 3.8) is 0 Å². The molecule has 0 bridgehead atoms. The fourth-order valence-corrected chi connectivity index (χ4v) is 1.40. The number of nitrogens with two attached hydrogens (primary N) is 1. The molecule has 4 nitrogen and oxygen atoms in total. The van der Waals surface area contributed by atoms with Crippen molar-refractivity contribution >= 4 is 12.4 Å². The summed E-state index contributed by atoms with van der Waals surface area (Å²) < 4.78 is 18.6. The molecular weight excluding hydrogens is 257 g/mol. The van der Waals surface area contributed by atoms with Gasteiger partial charge in [0.05, 0.1) is 11.5 Å². The molecule has 98 valence electrons. The van der Waals surface area contributed by atoms with E-state index < -0.39 is 0 Å². The van der Waals surface area contributed by atoms with E-state index in [9.17, 15) is 4.39 Å². The first-order valence-electron chi connectivity index (χ1n) is 5.43. The number of rotatable bonds is 3. The maximum atomic E-state index is 13.5. The van der Waals surface area contributed by atoms with Gasteiger partial charge in [0.2, 0.25) is 11.7 Å². The average molecular weight is 272 g/mol. The lowest BCUT2D eigenvalue weighted by Gasteiger charge is -2.09. The van der Waals surface area contributed by atoms with Gasteiger partial charge in [-0.25, -0.2) is 4.39 Å². The molecule has 0 saturated heterocycles. The zero-order chi connectivity index (χ0) is 12.4. The van der Waals surface area contributed by atoms with E-state index in [0.717, 1.165) is 0 Å². The van der Waals surface area contributed by atoms with Gasteiger partial charge in [-0.3, -0.25) is 0 Å². The van der Waals surface area contributed by atoms with Gasteiger partial charge < -0.3 is 10.3 Å². The maximum absolute atomic E-state index is 13.5. The standard InChI is InChI=1S/C12H14FN3O.ClH/c1-7(8(2)14)12-15-11(16-17-12)9-5-3-4-6-10(9)13;/h3-8H,14H2,1-2H3;1H. The molecule has 2 unspecified atom stereocenters. The molecule has 0 amide bonds. The van der Waals surface area contributed by atoms with E-state index in [0.29, 0.717) is 11.5 Å². The lowest BCUT2D eigenvalue weighted by molar-refractivity contribution is 0.346. The molecule has 1 aromatic carbocycles. The minimum absolute atomic E-state index is 0. The van der Waals surface area contributed by atoms with Crippen LogP contribution in [0.25, 0.3) is 11.4 Å². The predicted molar refractivity (Wildman–Crippen MR) is 69.0 cm³/mol. The smallest absolute Gasteiger partial charge is 0.231 e. The first kappa shape index (κ1) is 14.6. The molecule has 0 radical (unpaired) electrons. The minimum atomic E-state index is -0.367. The Morgan fingerprint density at radius 2 is 1.94 bits per heavy atom. The van der Waals surface area contributed by atoms with Crippen LogP contribution in [0.2, 0.25) is 0 Å². The third-order valence-electron chi connectivity index (χ3n) is 2.73. The summed E-state index contributed by atoms with van der Waals surface area (Å²) in [4.78, 5) is 4.16. The van der Waals surface area contributed by atoms with Crippen LogP contribution in [0.1, 0.15) is 25.7 Å². The molecule has 2 rings (SSSR count). The van der Waals surface area contributed by atoms with E-state index in [1.807, 2.05) is 13.8 Å². The summed E-state index contributed by atoms with van der Waals surface area (Å²) >= 11 is 0. The molecule has 0 fully saturated rings. The van der Waals surface area contributed by atoms with E-state index >= 15 is 0 Å². The van der Waals surface area contributed by atoms with Crippen molar-refractivity contribution in [2.45, 2.75) is 25.8 Å². The van der Waals surface area contributed by atoms with Crippen molar-refractivity contribution in [2.24, 2.45) is 5.73 Å². The van der Waals surface area contributed by atoms with Crippen LogP contribution in [-0.2, 0) is 0 Å². The van der Waals surface area contributed by atoms with Crippen molar-refractivity contribution in [3.05, 3.63) is 36.0 Å². The molecule has 2 atom stereocenters. The molecule has 6 heteroatoms. The first-order chi connectivity index (χ1) is 8.09. The van der Waals surface area contributed by atoms with E-state index in [-0.39, 0.29) is 36.0 Å². The Kier molecular flexibility index (Phi) is 4.81. The van der Waals surface area contributed by atoms with Crippen LogP contribution in [0.3, 0.4) is 0 Å². The molecule has 0 spiro atoms. The van der Waals surface area contributed by atoms with Gasteiger partial charge in [0.15, 0.2) is 0 Å². The van der Waals surface area contributed by atoms with Gasteiger partial charge in [0.25, 0.3) is 0 Å². The molecule has 2 aromatic rings. The lowest BCUT2D eigenvalue weighted by atomic mass is 10.1. The number of hydrogen-bond acceptors (Lipinski definition) is 4. The van der Waals surface area contributed by atoms with E-state index in [2.05, 4.69) is 10.1 Å². The van der Waals surface area contributed by atoms with Gasteiger partial charge in [-0.2, -0.15) is 4.98 Å². The second kappa shape index (κ2) is 5.93. The van der Waals surface area contributed by atoms with Crippen LogP contribution in [-0.4, -0.2) is 16.2 Å². The Bertz CT molecular complexity index is 516. The van der Waals surface area contributed by atoms with Crippen LogP contribution in [0, 0.1) is 5.82 Å². The highest BCUT2D eigenvalue weighted by Crippen LogP contribution is 2.22. The lowest BCUT2D eigenvalue weighted by Crippen LogP contribution is -2.22. The van der Waals surface area contributed by atoms with Crippen LogP contribution < -0.4 is 5.73 Å². The van der Waals surface area contributed by atoms with E-state index in [1.54, 1.807) is 18.2 Å². The van der Waals surface area contributed by atoms with Gasteiger partial charge in [-0.15, -0.1) is 12.4 Å². The van der Waals surface area contributed by atoms with Gasteiger partial charge >= 0.3 is 0 Å². The minimum Gasteiger partial charge on any atom is -0.339 e. The number of halogens is 2. The number of hydrogen-bond donors (Lipinski definition) is 1. The molecule has 2 N–H and O–H groups in total. The third kappa shape index (κ3) is 2.86. The van der Waals surface area contributed by atoms with Crippen molar-refractivity contribution in [2.75, 3.05) is 0 Å². The highest BCUT2D eigenvalue weighted by atomic mass is 35.5. The van der Waals surface area contributed by atoms with E-state index in [1.165, 1.54) is 6.07 Å². The van der Waals surface area contributed by atoms with Crippen molar-refractivity contribution in [3.8, 4) is 11.4 Å². The first-order valence-corrected chi connectivity index (χ1v) is 5.43. The summed E-state index contributed by atoms with van der Waals surface area (Å²) in [7, 11) is 0. The molecule has 0 aliphatic carbocycles. The zero-order valence-electron chi connectivity index (χ0n) is 10.1. The maximum Gasteiger partial charge on any atom is 0.231 e. The second-order valence-corrected chi connectivity index (χ2v) is 4.08. The Morgan fingerprint density at radius 3 is 2.56 bits per heavy atom. The quantitative estimate of drug-likeness (QED) is 0.932. The highest BCUT2D eigenvalue weighted by molar-refractivity contribution is 5.85. The largest absolute Gasteiger partial charge is 0.339 e. The Morgan fingerprint density at radius 1 is 1.28 bits per heavy atom. The highest BCUT2D eigenvalue weighted by Gasteiger charge is 2.19. The molecule has 0 saturated carbocycles. The molecule has 1 heterocycles. The van der Waals surface area contributed by atoms with Crippen molar-refractivity contribution in [1.82, 2.24) is 10.1 Å². The predicted octanol–water partition coefficient (Wildman–Crippen LogP) is 2.75. The molecule has 0 aliphatic rings. The van der Waals surface area contributed by atoms with Crippen LogP contribution in [0.15, 0.2) is 28.8 Å². The summed E-state index contributed by atoms with van der Waals surface area (Å²) in [6.07, 6.45) is 0. The fourth-order valence-electron chi connectivity index (χ4n) is 1.40. The topological polar surface area (TPSA) is 64.9 Å². The third-order valence-corrected chi connectivity index (χ3v) is 2.73. The summed E-state index contributed by atoms with van der Waals surface area (Å²) in [5, 5.41) is 3.77. The molecular formula is C12H15ClFN3O. The van der Waals surface area contributed by atoms with Gasteiger partial charge in [-0.1, -0.05) is 24.2 Å². The van der Waals surface area contributed by atoms with Crippen LogP contribution in [0.5, 0.6) is 0 Å². The average Bonchev–Trinajstić information content (AvgIpc) is 2.77. The number of benzene rings is 1. The van der Waals surface area contributed by atoms with Gasteiger partial charge in [0.1, 0.15) is 5.82 Å². The molecule has 1 aromatic heterocycles. The molecule has 18 heavy (non-hydrogen) atoms. The van der Waals surface area contributed by atoms with Crippen molar-refractivity contribution in [1.29, 1.82) is 0 Å². The van der Waals surface area contributed by atoms with Gasteiger partial charge in [0, 0.05) is 6.04 Å². The number of nitrogens with zero attached hydrogens (tertiary/aromatic N) is 2. The summed E-state index contributed by atoms with van der Waals surface area (Å²) in [6.45, 7) is 3.75. The Hall–Kier alpha value is -1.46. The summed E-state index contributed by atoms with van der Waals surface area (Å²) in [6, 6.07) is 6.22. The Balaban J connectivity index is 0.00000162. The normalized spacial score (nSPS) is 13.8. The van der Waals surface area contributed by atoms with E-state index in [4.69, 9.17) is 10.3 Å². The zero-order valence-corrected chi connectivity index (χ0v) is 10.9. The summed E-state index contributed by atoms with van der Waals surface area (Å²) in [5.74, 6) is 0.264. The van der Waals surface area contributed by atoms with Crippen molar-refractivity contribution < 1.29 is 8.91 Å². The second-order valence-electron chi connectivity index (χ2n) is 4.08. The monoisotopic (exact) mass is 271 g/mol. The molecule has 0 aliphatic heterocycles. The van der Waals surface area contributed by atoms with Gasteiger partial charge in [-0.05, 0) is 19.1 Å². The Labute approximate surface area is 111 Å². The summed E-state index contributed by atoms with van der Waals surface area (Å²) in [5.41, 5.74) is 6.08. The van der Waals surface area contributed by atoms with Crippen LogP contribution >= 0.6 is 12.4 Å².